The van der Waals surface area contributed by atoms with Crippen LogP contribution in [0.1, 0.15) is 48.6 Å². The highest BCUT2D eigenvalue weighted by molar-refractivity contribution is 7.80. The number of anilines is 2. The largest absolute Gasteiger partial charge is 0.351 e. The lowest BCUT2D eigenvalue weighted by Crippen LogP contribution is -2.29. The number of thiocarbonyl (C=S) groups is 1. The molecule has 1 fully saturated rings. The van der Waals surface area contributed by atoms with E-state index in [1.165, 1.54) is 10.8 Å². The molecule has 0 aliphatic carbocycles. The zero-order valence-corrected chi connectivity index (χ0v) is 25.5. The Kier molecular flexibility index (Phi) is 7.47. The molecule has 0 bridgehead atoms. The third-order valence-corrected chi connectivity index (χ3v) is 8.53. The Labute approximate surface area is 256 Å². The van der Waals surface area contributed by atoms with Gasteiger partial charge in [0.1, 0.15) is 0 Å². The molecule has 2 aromatic heterocycles. The Balaban J connectivity index is 1.49. The van der Waals surface area contributed by atoms with Crippen LogP contribution < -0.4 is 15.5 Å². The SMILES string of the molecule is Cc1cc([C@@H]2[C@H](c3ccccn3)NC(=S)N2c2ccc(NC(=O)C(C)C)c(Cl)c2)c(C)n1-c1cccc2ccccc12. The molecule has 1 aliphatic rings. The number of aryl methyl sites for hydroxylation is 1. The van der Waals surface area contributed by atoms with Gasteiger partial charge in [0.2, 0.25) is 5.91 Å². The second kappa shape index (κ2) is 11.2. The number of rotatable bonds is 6. The van der Waals surface area contributed by atoms with Crippen molar-refractivity contribution >= 4 is 57.0 Å². The fourth-order valence-electron chi connectivity index (χ4n) is 5.84. The molecule has 6 rings (SSSR count). The van der Waals surface area contributed by atoms with Crippen LogP contribution in [0.5, 0.6) is 0 Å². The van der Waals surface area contributed by atoms with E-state index in [1.807, 2.05) is 56.4 Å². The van der Waals surface area contributed by atoms with Crippen LogP contribution >= 0.6 is 23.8 Å². The van der Waals surface area contributed by atoms with Gasteiger partial charge in [0.15, 0.2) is 5.11 Å². The monoisotopic (exact) mass is 593 g/mol. The molecule has 1 saturated heterocycles. The lowest BCUT2D eigenvalue weighted by atomic mass is 9.96. The number of hydrogen-bond acceptors (Lipinski definition) is 3. The molecular weight excluding hydrogens is 562 g/mol. The summed E-state index contributed by atoms with van der Waals surface area (Å²) in [5, 5.41) is 9.88. The second-order valence-electron chi connectivity index (χ2n) is 11.0. The molecule has 2 atom stereocenters. The molecule has 0 spiro atoms. The number of amides is 1. The van der Waals surface area contributed by atoms with Crippen molar-refractivity contribution in [3.63, 3.8) is 0 Å². The van der Waals surface area contributed by atoms with E-state index in [2.05, 4.69) is 82.5 Å². The molecule has 3 aromatic carbocycles. The maximum atomic E-state index is 12.3. The first-order chi connectivity index (χ1) is 20.2. The van der Waals surface area contributed by atoms with Gasteiger partial charge in [-0.15, -0.1) is 0 Å². The van der Waals surface area contributed by atoms with Crippen molar-refractivity contribution in [2.45, 2.75) is 39.8 Å². The molecule has 42 heavy (non-hydrogen) atoms. The quantitative estimate of drug-likeness (QED) is 0.195. The van der Waals surface area contributed by atoms with E-state index in [9.17, 15) is 4.79 Å². The van der Waals surface area contributed by atoms with E-state index in [4.69, 9.17) is 28.8 Å². The Bertz CT molecular complexity index is 1810. The maximum absolute atomic E-state index is 12.3. The first kappa shape index (κ1) is 27.9. The predicted octanol–water partition coefficient (Wildman–Crippen LogP) is 8.07. The summed E-state index contributed by atoms with van der Waals surface area (Å²) in [5.41, 5.74) is 6.82. The number of fused-ring (bicyclic) bond motifs is 1. The van der Waals surface area contributed by atoms with E-state index in [0.29, 0.717) is 15.8 Å². The smallest absolute Gasteiger partial charge is 0.226 e. The summed E-state index contributed by atoms with van der Waals surface area (Å²) in [6.07, 6.45) is 1.81. The zero-order valence-electron chi connectivity index (χ0n) is 23.9. The average molecular weight is 594 g/mol. The Hall–Kier alpha value is -4.20. The lowest BCUT2D eigenvalue weighted by Gasteiger charge is -2.28. The van der Waals surface area contributed by atoms with Gasteiger partial charge in [-0.05, 0) is 79.5 Å². The predicted molar refractivity (Wildman–Crippen MR) is 176 cm³/mol. The van der Waals surface area contributed by atoms with Gasteiger partial charge < -0.3 is 20.1 Å². The highest BCUT2D eigenvalue weighted by Crippen LogP contribution is 2.45. The molecule has 5 aromatic rings. The van der Waals surface area contributed by atoms with Crippen LogP contribution in [-0.4, -0.2) is 20.6 Å². The molecule has 8 heteroatoms. The highest BCUT2D eigenvalue weighted by Gasteiger charge is 2.42. The summed E-state index contributed by atoms with van der Waals surface area (Å²) in [5.74, 6) is -0.242. The normalized spacial score (nSPS) is 16.7. The maximum Gasteiger partial charge on any atom is 0.226 e. The van der Waals surface area contributed by atoms with Crippen LogP contribution in [0.2, 0.25) is 5.02 Å². The van der Waals surface area contributed by atoms with Gasteiger partial charge in [0.05, 0.1) is 34.2 Å². The van der Waals surface area contributed by atoms with Gasteiger partial charge in [0.25, 0.3) is 0 Å². The number of carbonyl (C=O) groups excluding carboxylic acids is 1. The van der Waals surface area contributed by atoms with Crippen molar-refractivity contribution in [3.05, 3.63) is 119 Å². The van der Waals surface area contributed by atoms with Crippen molar-refractivity contribution in [1.82, 2.24) is 14.9 Å². The van der Waals surface area contributed by atoms with Crippen molar-refractivity contribution in [2.75, 3.05) is 10.2 Å². The molecule has 2 N–H and O–H groups in total. The van der Waals surface area contributed by atoms with E-state index in [0.717, 1.165) is 34.0 Å². The van der Waals surface area contributed by atoms with Crippen molar-refractivity contribution < 1.29 is 4.79 Å². The highest BCUT2D eigenvalue weighted by atomic mass is 35.5. The Morgan fingerprint density at radius 1 is 1.00 bits per heavy atom. The molecule has 1 amide bonds. The fourth-order valence-corrected chi connectivity index (χ4v) is 6.41. The molecule has 3 heterocycles. The molecular formula is C34H32ClN5OS. The topological polar surface area (TPSA) is 62.2 Å². The number of benzene rings is 3. The second-order valence-corrected chi connectivity index (χ2v) is 11.8. The van der Waals surface area contributed by atoms with Crippen LogP contribution in [0.3, 0.4) is 0 Å². The number of nitrogens with one attached hydrogen (secondary N) is 2. The summed E-state index contributed by atoms with van der Waals surface area (Å²) >= 11 is 12.7. The third kappa shape index (κ3) is 4.93. The van der Waals surface area contributed by atoms with E-state index in [-0.39, 0.29) is 23.9 Å². The van der Waals surface area contributed by atoms with Crippen molar-refractivity contribution in [3.8, 4) is 5.69 Å². The van der Waals surface area contributed by atoms with Crippen LogP contribution in [-0.2, 0) is 4.79 Å². The molecule has 6 nitrogen and oxygen atoms in total. The molecule has 0 saturated carbocycles. The number of aromatic nitrogens is 2. The van der Waals surface area contributed by atoms with Gasteiger partial charge >= 0.3 is 0 Å². The van der Waals surface area contributed by atoms with E-state index in [1.54, 1.807) is 0 Å². The van der Waals surface area contributed by atoms with Crippen LogP contribution in [0.4, 0.5) is 11.4 Å². The average Bonchev–Trinajstić information content (AvgIpc) is 3.48. The summed E-state index contributed by atoms with van der Waals surface area (Å²) in [7, 11) is 0. The van der Waals surface area contributed by atoms with Gasteiger partial charge in [-0.2, -0.15) is 0 Å². The van der Waals surface area contributed by atoms with Crippen molar-refractivity contribution in [2.24, 2.45) is 5.92 Å². The Morgan fingerprint density at radius 3 is 2.50 bits per heavy atom. The van der Waals surface area contributed by atoms with Gasteiger partial charge in [-0.25, -0.2) is 0 Å². The molecule has 1 aliphatic heterocycles. The molecule has 0 radical (unpaired) electrons. The van der Waals surface area contributed by atoms with Crippen LogP contribution in [0.25, 0.3) is 16.5 Å². The lowest BCUT2D eigenvalue weighted by molar-refractivity contribution is -0.118. The van der Waals surface area contributed by atoms with Gasteiger partial charge in [0, 0.05) is 34.6 Å². The van der Waals surface area contributed by atoms with Crippen molar-refractivity contribution in [1.29, 1.82) is 0 Å². The number of carbonyl (C=O) groups is 1. The molecule has 212 valence electrons. The number of pyridine rings is 1. The fraction of sp³-hybridized carbons (Fsp3) is 0.206. The summed E-state index contributed by atoms with van der Waals surface area (Å²) in [4.78, 5) is 19.2. The third-order valence-electron chi connectivity index (χ3n) is 7.91. The standard InChI is InChI=1S/C34H32ClN5OS/c1-20(2)33(41)37-28-16-15-24(19-27(28)35)40-32(31(38-34(40)42)29-13-7-8-17-36-29)26-18-21(3)39(22(26)4)30-14-9-11-23-10-5-6-12-25(23)30/h5-20,31-32H,1-4H3,(H,37,41)(H,38,42)/t31-,32+/m0/s1. The number of hydrogen-bond donors (Lipinski definition) is 2. The van der Waals surface area contributed by atoms with Gasteiger partial charge in [-0.1, -0.05) is 67.9 Å². The Morgan fingerprint density at radius 2 is 1.76 bits per heavy atom. The minimum Gasteiger partial charge on any atom is -0.351 e. The van der Waals surface area contributed by atoms with Crippen LogP contribution in [0, 0.1) is 19.8 Å². The van der Waals surface area contributed by atoms with E-state index < -0.39 is 0 Å². The molecule has 0 unspecified atom stereocenters. The first-order valence-electron chi connectivity index (χ1n) is 14.0. The summed E-state index contributed by atoms with van der Waals surface area (Å²) in [6.45, 7) is 8.00. The minimum absolute atomic E-state index is 0.0861. The van der Waals surface area contributed by atoms with Crippen LogP contribution in [0.15, 0.2) is 91.1 Å². The van der Waals surface area contributed by atoms with Gasteiger partial charge in [-0.3, -0.25) is 9.78 Å². The number of nitrogens with zero attached hydrogens (tertiary/aromatic N) is 3. The summed E-state index contributed by atoms with van der Waals surface area (Å²) in [6, 6.07) is 28.3. The summed E-state index contributed by atoms with van der Waals surface area (Å²) < 4.78 is 2.32. The first-order valence-corrected chi connectivity index (χ1v) is 14.8. The minimum atomic E-state index is -0.200. The zero-order chi connectivity index (χ0) is 29.5. The number of halogens is 1. The van der Waals surface area contributed by atoms with E-state index >= 15 is 0 Å².